The number of rotatable bonds is 4. The van der Waals surface area contributed by atoms with Crippen molar-refractivity contribution in [2.45, 2.75) is 0 Å². The van der Waals surface area contributed by atoms with Crippen LogP contribution in [0.5, 0.6) is 5.75 Å². The Bertz CT molecular complexity index is 566. The highest BCUT2D eigenvalue weighted by Crippen LogP contribution is 2.24. The molecule has 0 heterocycles. The smallest absolute Gasteiger partial charge is 0.255 e. The summed E-state index contributed by atoms with van der Waals surface area (Å²) in [6.07, 6.45) is 0. The van der Waals surface area contributed by atoms with E-state index in [4.69, 9.17) is 4.74 Å². The molecule has 2 aromatic carbocycles. The van der Waals surface area contributed by atoms with E-state index in [1.54, 1.807) is 19.2 Å². The highest BCUT2D eigenvalue weighted by atomic mass is 16.5. The Morgan fingerprint density at radius 2 is 1.94 bits per heavy atom. The molecule has 0 fully saturated rings. The molecule has 4 heteroatoms. The first-order chi connectivity index (χ1) is 8.72. The molecule has 94 valence electrons. The van der Waals surface area contributed by atoms with Crippen LogP contribution >= 0.6 is 0 Å². The fraction of sp³-hybridized carbons (Fsp3) is 0.214. The van der Waals surface area contributed by atoms with Gasteiger partial charge in [-0.3, -0.25) is 4.79 Å². The van der Waals surface area contributed by atoms with Crippen molar-refractivity contribution in [2.24, 2.45) is 0 Å². The van der Waals surface area contributed by atoms with Crippen LogP contribution in [0.2, 0.25) is 0 Å². The first-order valence-corrected chi connectivity index (χ1v) is 5.71. The number of hydrogen-bond donors (Lipinski definition) is 2. The lowest BCUT2D eigenvalue weighted by Crippen LogP contribution is -2.26. The predicted molar refractivity (Wildman–Crippen MR) is 69.8 cm³/mol. The van der Waals surface area contributed by atoms with Gasteiger partial charge in [-0.15, -0.1) is 0 Å². The lowest BCUT2D eigenvalue weighted by Gasteiger charge is -2.08. The fourth-order valence-corrected chi connectivity index (χ4v) is 1.77. The van der Waals surface area contributed by atoms with E-state index in [9.17, 15) is 9.90 Å². The number of amides is 1. The lowest BCUT2D eigenvalue weighted by molar-refractivity contribution is 0.0934. The van der Waals surface area contributed by atoms with Gasteiger partial charge in [0, 0.05) is 13.7 Å². The maximum atomic E-state index is 11.9. The maximum absolute atomic E-state index is 11.9. The van der Waals surface area contributed by atoms with E-state index >= 15 is 0 Å². The first-order valence-electron chi connectivity index (χ1n) is 5.71. The van der Waals surface area contributed by atoms with Gasteiger partial charge in [-0.25, -0.2) is 0 Å². The molecule has 4 nitrogen and oxygen atoms in total. The molecule has 0 saturated heterocycles. The molecule has 0 radical (unpaired) electrons. The summed E-state index contributed by atoms with van der Waals surface area (Å²) in [6.45, 7) is 0.863. The van der Waals surface area contributed by atoms with Crippen LogP contribution in [0.1, 0.15) is 10.4 Å². The van der Waals surface area contributed by atoms with Gasteiger partial charge >= 0.3 is 0 Å². The minimum absolute atomic E-state index is 0.0105. The van der Waals surface area contributed by atoms with Crippen molar-refractivity contribution in [1.29, 1.82) is 0 Å². The van der Waals surface area contributed by atoms with Crippen molar-refractivity contribution < 1.29 is 14.6 Å². The SMILES string of the molecule is COCCNC(=O)c1cc2ccccc2cc1O. The van der Waals surface area contributed by atoms with Gasteiger partial charge in [0.2, 0.25) is 0 Å². The number of phenolic OH excluding ortho intramolecular Hbond substituents is 1. The molecule has 0 saturated carbocycles. The third-order valence-electron chi connectivity index (χ3n) is 2.70. The average molecular weight is 245 g/mol. The van der Waals surface area contributed by atoms with Crippen LogP contribution < -0.4 is 5.32 Å². The standard InChI is InChI=1S/C14H15NO3/c1-18-7-6-15-14(17)12-8-10-4-2-3-5-11(10)9-13(12)16/h2-5,8-9,16H,6-7H2,1H3,(H,15,17). The van der Waals surface area contributed by atoms with Crippen LogP contribution in [-0.2, 0) is 4.74 Å². The summed E-state index contributed by atoms with van der Waals surface area (Å²) in [5.74, 6) is -0.307. The number of carbonyl (C=O) groups excluding carboxylic acids is 1. The summed E-state index contributed by atoms with van der Waals surface area (Å²) >= 11 is 0. The number of nitrogens with one attached hydrogen (secondary N) is 1. The Morgan fingerprint density at radius 1 is 1.28 bits per heavy atom. The zero-order valence-corrected chi connectivity index (χ0v) is 10.1. The molecule has 0 spiro atoms. The maximum Gasteiger partial charge on any atom is 0.255 e. The van der Waals surface area contributed by atoms with Gasteiger partial charge in [0.15, 0.2) is 0 Å². The molecule has 2 aromatic rings. The van der Waals surface area contributed by atoms with Crippen LogP contribution in [0.25, 0.3) is 10.8 Å². The number of ether oxygens (including phenoxy) is 1. The zero-order chi connectivity index (χ0) is 13.0. The summed E-state index contributed by atoms with van der Waals surface area (Å²) < 4.78 is 4.85. The number of fused-ring (bicyclic) bond motifs is 1. The molecule has 0 unspecified atom stereocenters. The number of aromatic hydroxyl groups is 1. The van der Waals surface area contributed by atoms with E-state index < -0.39 is 0 Å². The number of methoxy groups -OCH3 is 1. The van der Waals surface area contributed by atoms with E-state index in [-0.39, 0.29) is 17.2 Å². The van der Waals surface area contributed by atoms with Gasteiger partial charge in [-0.05, 0) is 22.9 Å². The molecule has 0 aliphatic rings. The summed E-state index contributed by atoms with van der Waals surface area (Å²) in [5.41, 5.74) is 0.282. The van der Waals surface area contributed by atoms with E-state index in [0.717, 1.165) is 10.8 Å². The van der Waals surface area contributed by atoms with E-state index in [1.165, 1.54) is 0 Å². The second kappa shape index (κ2) is 5.51. The van der Waals surface area contributed by atoms with E-state index in [2.05, 4.69) is 5.32 Å². The molecular weight excluding hydrogens is 230 g/mol. The van der Waals surface area contributed by atoms with Crippen LogP contribution in [0, 0.1) is 0 Å². The quantitative estimate of drug-likeness (QED) is 0.809. The third kappa shape index (κ3) is 2.60. The van der Waals surface area contributed by atoms with Gasteiger partial charge < -0.3 is 15.2 Å². The summed E-state index contributed by atoms with van der Waals surface area (Å²) in [4.78, 5) is 11.9. The van der Waals surface area contributed by atoms with Crippen molar-refractivity contribution in [3.8, 4) is 5.75 Å². The average Bonchev–Trinajstić information content (AvgIpc) is 2.38. The number of hydrogen-bond acceptors (Lipinski definition) is 3. The second-order valence-electron chi connectivity index (χ2n) is 3.97. The van der Waals surface area contributed by atoms with Gasteiger partial charge in [-0.1, -0.05) is 24.3 Å². The second-order valence-corrected chi connectivity index (χ2v) is 3.97. The lowest BCUT2D eigenvalue weighted by atomic mass is 10.1. The monoisotopic (exact) mass is 245 g/mol. The van der Waals surface area contributed by atoms with Crippen LogP contribution in [-0.4, -0.2) is 31.3 Å². The highest BCUT2D eigenvalue weighted by Gasteiger charge is 2.11. The third-order valence-corrected chi connectivity index (χ3v) is 2.70. The number of phenols is 1. The van der Waals surface area contributed by atoms with E-state index in [0.29, 0.717) is 13.2 Å². The fourth-order valence-electron chi connectivity index (χ4n) is 1.77. The Labute approximate surface area is 105 Å². The first kappa shape index (κ1) is 12.4. The molecular formula is C14H15NO3. The molecule has 0 aliphatic carbocycles. The Balaban J connectivity index is 2.27. The van der Waals surface area contributed by atoms with Gasteiger partial charge in [0.25, 0.3) is 5.91 Å². The molecule has 0 bridgehead atoms. The van der Waals surface area contributed by atoms with Crippen molar-refractivity contribution in [3.05, 3.63) is 42.0 Å². The Morgan fingerprint density at radius 3 is 2.61 bits per heavy atom. The van der Waals surface area contributed by atoms with E-state index in [1.807, 2.05) is 24.3 Å². The van der Waals surface area contributed by atoms with Crippen molar-refractivity contribution in [1.82, 2.24) is 5.32 Å². The normalized spacial score (nSPS) is 10.5. The number of carbonyl (C=O) groups is 1. The summed E-state index contributed by atoms with van der Waals surface area (Å²) in [7, 11) is 1.57. The van der Waals surface area contributed by atoms with Crippen molar-refractivity contribution >= 4 is 16.7 Å². The topological polar surface area (TPSA) is 58.6 Å². The molecule has 1 amide bonds. The summed E-state index contributed by atoms with van der Waals surface area (Å²) in [5, 5.41) is 14.4. The largest absolute Gasteiger partial charge is 0.507 e. The van der Waals surface area contributed by atoms with Crippen LogP contribution in [0.4, 0.5) is 0 Å². The molecule has 0 aromatic heterocycles. The van der Waals surface area contributed by atoms with Gasteiger partial charge in [0.1, 0.15) is 5.75 Å². The van der Waals surface area contributed by atoms with Crippen LogP contribution in [0.3, 0.4) is 0 Å². The van der Waals surface area contributed by atoms with Crippen LogP contribution in [0.15, 0.2) is 36.4 Å². The Kier molecular flexibility index (Phi) is 3.79. The van der Waals surface area contributed by atoms with Gasteiger partial charge in [-0.2, -0.15) is 0 Å². The number of benzene rings is 2. The minimum atomic E-state index is -0.296. The molecule has 0 atom stereocenters. The minimum Gasteiger partial charge on any atom is -0.507 e. The predicted octanol–water partition coefficient (Wildman–Crippen LogP) is 1.92. The molecule has 2 N–H and O–H groups in total. The van der Waals surface area contributed by atoms with Gasteiger partial charge in [0.05, 0.1) is 12.2 Å². The zero-order valence-electron chi connectivity index (χ0n) is 10.1. The molecule has 18 heavy (non-hydrogen) atoms. The van der Waals surface area contributed by atoms with Crippen molar-refractivity contribution in [3.63, 3.8) is 0 Å². The highest BCUT2D eigenvalue weighted by molar-refractivity contribution is 6.01. The molecule has 0 aliphatic heterocycles. The molecule has 2 rings (SSSR count). The Hall–Kier alpha value is -2.07. The summed E-state index contributed by atoms with van der Waals surface area (Å²) in [6, 6.07) is 10.9. The van der Waals surface area contributed by atoms with Crippen molar-refractivity contribution in [2.75, 3.05) is 20.3 Å².